The van der Waals surface area contributed by atoms with E-state index in [1.165, 1.54) is 18.5 Å². The lowest BCUT2D eigenvalue weighted by atomic mass is 10.1. The number of rotatable bonds is 2. The van der Waals surface area contributed by atoms with E-state index in [1.54, 1.807) is 0 Å². The molecule has 1 N–H and O–H groups in total. The Labute approximate surface area is 102 Å². The van der Waals surface area contributed by atoms with Crippen LogP contribution in [0.3, 0.4) is 0 Å². The predicted octanol–water partition coefficient (Wildman–Crippen LogP) is 2.11. The maximum atomic E-state index is 9.82. The largest absolute Gasteiger partial charge is 0.389 e. The van der Waals surface area contributed by atoms with Gasteiger partial charge < -0.3 is 14.7 Å². The summed E-state index contributed by atoms with van der Waals surface area (Å²) in [4.78, 5) is 2.37. The molecule has 2 heterocycles. The van der Waals surface area contributed by atoms with Crippen LogP contribution >= 0.6 is 0 Å². The summed E-state index contributed by atoms with van der Waals surface area (Å²) in [6.45, 7) is 3.74. The van der Waals surface area contributed by atoms with E-state index < -0.39 is 6.10 Å². The van der Waals surface area contributed by atoms with E-state index in [1.807, 2.05) is 25.1 Å². The Balaban J connectivity index is 1.88. The number of nitrogens with zero attached hydrogens (tertiary/aromatic N) is 1. The smallest absolute Gasteiger partial charge is 0.0781 e. The van der Waals surface area contributed by atoms with Gasteiger partial charge in [-0.05, 0) is 25.8 Å². The molecule has 1 aromatic rings. The van der Waals surface area contributed by atoms with Gasteiger partial charge in [0.2, 0.25) is 0 Å². The molecule has 3 heteroatoms. The summed E-state index contributed by atoms with van der Waals surface area (Å²) >= 11 is 0. The molecule has 0 amide bonds. The van der Waals surface area contributed by atoms with Crippen LogP contribution in [0.1, 0.15) is 31.4 Å². The van der Waals surface area contributed by atoms with E-state index in [4.69, 9.17) is 4.74 Å². The van der Waals surface area contributed by atoms with Crippen molar-refractivity contribution < 1.29 is 9.84 Å². The minimum absolute atomic E-state index is 0.385. The standard InChI is InChI=1S/C14H19NO2/c1-10(16)13-4-2-3-5-14(13)15-8-11-6-7-12(9-15)17-11/h2-5,10-12,16H,6-9H2,1H3. The van der Waals surface area contributed by atoms with Gasteiger partial charge in [-0.15, -0.1) is 0 Å². The van der Waals surface area contributed by atoms with Crippen LogP contribution in [0, 0.1) is 0 Å². The molecule has 0 radical (unpaired) electrons. The van der Waals surface area contributed by atoms with Crippen LogP contribution in [0.4, 0.5) is 5.69 Å². The highest BCUT2D eigenvalue weighted by molar-refractivity contribution is 5.55. The second kappa shape index (κ2) is 4.31. The van der Waals surface area contributed by atoms with Crippen LogP contribution in [0.15, 0.2) is 24.3 Å². The quantitative estimate of drug-likeness (QED) is 0.849. The first-order chi connectivity index (χ1) is 8.24. The van der Waals surface area contributed by atoms with Crippen LogP contribution in [-0.4, -0.2) is 30.4 Å². The zero-order valence-corrected chi connectivity index (χ0v) is 10.2. The summed E-state index contributed by atoms with van der Waals surface area (Å²) in [7, 11) is 0. The maximum absolute atomic E-state index is 9.82. The number of benzene rings is 1. The van der Waals surface area contributed by atoms with Crippen molar-refractivity contribution in [2.75, 3.05) is 18.0 Å². The minimum Gasteiger partial charge on any atom is -0.389 e. The van der Waals surface area contributed by atoms with Crippen LogP contribution in [-0.2, 0) is 4.74 Å². The van der Waals surface area contributed by atoms with Crippen molar-refractivity contribution in [1.29, 1.82) is 0 Å². The summed E-state index contributed by atoms with van der Waals surface area (Å²) in [5.74, 6) is 0. The van der Waals surface area contributed by atoms with Gasteiger partial charge in [0.25, 0.3) is 0 Å². The lowest BCUT2D eigenvalue weighted by Gasteiger charge is -2.35. The third kappa shape index (κ3) is 2.05. The fourth-order valence-corrected chi connectivity index (χ4v) is 2.94. The number of hydrogen-bond acceptors (Lipinski definition) is 3. The number of ether oxygens (including phenoxy) is 1. The number of para-hydroxylation sites is 1. The van der Waals surface area contributed by atoms with Gasteiger partial charge in [-0.25, -0.2) is 0 Å². The highest BCUT2D eigenvalue weighted by Crippen LogP contribution is 2.33. The lowest BCUT2D eigenvalue weighted by molar-refractivity contribution is 0.0303. The van der Waals surface area contributed by atoms with Gasteiger partial charge in [0, 0.05) is 24.3 Å². The Kier molecular flexibility index (Phi) is 2.81. The molecular weight excluding hydrogens is 214 g/mol. The molecular formula is C14H19NO2. The van der Waals surface area contributed by atoms with Gasteiger partial charge in [0.1, 0.15) is 0 Å². The molecule has 0 aliphatic carbocycles. The SMILES string of the molecule is CC(O)c1ccccc1N1CC2CCC(C1)O2. The van der Waals surface area contributed by atoms with E-state index in [9.17, 15) is 5.11 Å². The molecule has 3 rings (SSSR count). The van der Waals surface area contributed by atoms with E-state index >= 15 is 0 Å². The van der Waals surface area contributed by atoms with Crippen molar-refractivity contribution in [3.8, 4) is 0 Å². The third-order valence-corrected chi connectivity index (χ3v) is 3.77. The monoisotopic (exact) mass is 233 g/mol. The topological polar surface area (TPSA) is 32.7 Å². The van der Waals surface area contributed by atoms with E-state index in [0.717, 1.165) is 18.7 Å². The molecule has 92 valence electrons. The average molecular weight is 233 g/mol. The van der Waals surface area contributed by atoms with Gasteiger partial charge in [0.05, 0.1) is 18.3 Å². The van der Waals surface area contributed by atoms with Gasteiger partial charge >= 0.3 is 0 Å². The third-order valence-electron chi connectivity index (χ3n) is 3.77. The molecule has 2 saturated heterocycles. The molecule has 0 spiro atoms. The van der Waals surface area contributed by atoms with Crippen LogP contribution in [0.25, 0.3) is 0 Å². The Bertz CT molecular complexity index is 393. The summed E-state index contributed by atoms with van der Waals surface area (Å²) in [6, 6.07) is 8.14. The van der Waals surface area contributed by atoms with Crippen molar-refractivity contribution in [3.63, 3.8) is 0 Å². The minimum atomic E-state index is -0.410. The zero-order chi connectivity index (χ0) is 11.8. The average Bonchev–Trinajstić information content (AvgIpc) is 2.68. The predicted molar refractivity (Wildman–Crippen MR) is 67.2 cm³/mol. The Hall–Kier alpha value is -1.06. The van der Waals surface area contributed by atoms with E-state index in [0.29, 0.717) is 12.2 Å². The zero-order valence-electron chi connectivity index (χ0n) is 10.2. The fourth-order valence-electron chi connectivity index (χ4n) is 2.94. The number of fused-ring (bicyclic) bond motifs is 2. The van der Waals surface area contributed by atoms with Crippen molar-refractivity contribution in [1.82, 2.24) is 0 Å². The number of aliphatic hydroxyl groups excluding tert-OH is 1. The highest BCUT2D eigenvalue weighted by Gasteiger charge is 2.34. The summed E-state index contributed by atoms with van der Waals surface area (Å²) in [5, 5.41) is 9.82. The first-order valence-electron chi connectivity index (χ1n) is 6.41. The Morgan fingerprint density at radius 1 is 1.24 bits per heavy atom. The maximum Gasteiger partial charge on any atom is 0.0781 e. The number of aliphatic hydroxyl groups is 1. The van der Waals surface area contributed by atoms with Crippen LogP contribution in [0.2, 0.25) is 0 Å². The Morgan fingerprint density at radius 3 is 2.53 bits per heavy atom. The number of hydrogen-bond donors (Lipinski definition) is 1. The molecule has 2 aliphatic rings. The summed E-state index contributed by atoms with van der Waals surface area (Å²) < 4.78 is 5.85. The van der Waals surface area contributed by atoms with Crippen molar-refractivity contribution in [3.05, 3.63) is 29.8 Å². The van der Waals surface area contributed by atoms with Crippen molar-refractivity contribution >= 4 is 5.69 Å². The van der Waals surface area contributed by atoms with E-state index in [2.05, 4.69) is 11.0 Å². The number of anilines is 1. The molecule has 2 aliphatic heterocycles. The van der Waals surface area contributed by atoms with E-state index in [-0.39, 0.29) is 0 Å². The summed E-state index contributed by atoms with van der Waals surface area (Å²) in [5.41, 5.74) is 2.19. The van der Waals surface area contributed by atoms with Crippen molar-refractivity contribution in [2.24, 2.45) is 0 Å². The first kappa shape index (κ1) is 11.1. The molecule has 1 aromatic carbocycles. The van der Waals surface area contributed by atoms with Gasteiger partial charge in [-0.1, -0.05) is 18.2 Å². The normalized spacial score (nSPS) is 29.4. The molecule has 2 bridgehead atoms. The molecule has 0 saturated carbocycles. The lowest BCUT2D eigenvalue weighted by Crippen LogP contribution is -2.43. The molecule has 2 fully saturated rings. The Morgan fingerprint density at radius 2 is 1.88 bits per heavy atom. The highest BCUT2D eigenvalue weighted by atomic mass is 16.5. The molecule has 17 heavy (non-hydrogen) atoms. The molecule has 3 atom stereocenters. The fraction of sp³-hybridized carbons (Fsp3) is 0.571. The summed E-state index contributed by atoms with van der Waals surface area (Å²) in [6.07, 6.45) is 2.72. The second-order valence-corrected chi connectivity index (χ2v) is 5.10. The van der Waals surface area contributed by atoms with Crippen molar-refractivity contribution in [2.45, 2.75) is 38.1 Å². The van der Waals surface area contributed by atoms with Gasteiger partial charge in [-0.2, -0.15) is 0 Å². The van der Waals surface area contributed by atoms with Crippen LogP contribution in [0.5, 0.6) is 0 Å². The first-order valence-corrected chi connectivity index (χ1v) is 6.41. The van der Waals surface area contributed by atoms with Crippen LogP contribution < -0.4 is 4.90 Å². The molecule has 3 unspecified atom stereocenters. The molecule has 3 nitrogen and oxygen atoms in total. The second-order valence-electron chi connectivity index (χ2n) is 5.10. The van der Waals surface area contributed by atoms with Gasteiger partial charge in [-0.3, -0.25) is 0 Å². The molecule has 0 aromatic heterocycles. The number of morpholine rings is 1. The van der Waals surface area contributed by atoms with Gasteiger partial charge in [0.15, 0.2) is 0 Å².